The third-order valence-corrected chi connectivity index (χ3v) is 7.03. The molecule has 2 bridgehead atoms. The summed E-state index contributed by atoms with van der Waals surface area (Å²) in [5.74, 6) is -0.263. The van der Waals surface area contributed by atoms with E-state index in [0.29, 0.717) is 23.4 Å². The molecule has 39 heavy (non-hydrogen) atoms. The maximum Gasteiger partial charge on any atom is 0.314 e. The molecule has 2 atom stereocenters. The minimum absolute atomic E-state index is 0.117. The van der Waals surface area contributed by atoms with E-state index in [0.717, 1.165) is 5.56 Å². The Bertz CT molecular complexity index is 1220. The van der Waals surface area contributed by atoms with Crippen LogP contribution in [0.4, 0.5) is 4.79 Å². The van der Waals surface area contributed by atoms with E-state index in [9.17, 15) is 19.2 Å². The van der Waals surface area contributed by atoms with E-state index in [1.165, 1.54) is 9.80 Å². The fourth-order valence-corrected chi connectivity index (χ4v) is 4.83. The van der Waals surface area contributed by atoms with E-state index in [2.05, 4.69) is 10.3 Å². The number of hydrogen-bond donors (Lipinski definition) is 2. The smallest absolute Gasteiger partial charge is 0.314 e. The predicted octanol–water partition coefficient (Wildman–Crippen LogP) is 0.241. The van der Waals surface area contributed by atoms with Gasteiger partial charge < -0.3 is 35.4 Å². The summed E-state index contributed by atoms with van der Waals surface area (Å²) < 4.78 is 6.21. The quantitative estimate of drug-likeness (QED) is 0.571. The molecule has 12 heteroatoms. The van der Waals surface area contributed by atoms with Gasteiger partial charge in [-0.05, 0) is 44.8 Å². The number of benzene rings is 1. The van der Waals surface area contributed by atoms with E-state index < -0.39 is 6.03 Å². The van der Waals surface area contributed by atoms with Crippen molar-refractivity contribution in [2.24, 2.45) is 5.73 Å². The van der Waals surface area contributed by atoms with Crippen LogP contribution in [-0.4, -0.2) is 121 Å². The topological polar surface area (TPSA) is 141 Å². The van der Waals surface area contributed by atoms with Crippen molar-refractivity contribution in [3.63, 3.8) is 0 Å². The minimum atomic E-state index is -0.583. The first-order chi connectivity index (χ1) is 18.6. The Kier molecular flexibility index (Phi) is 8.65. The number of nitrogens with zero attached hydrogens (tertiary/aromatic N) is 5. The van der Waals surface area contributed by atoms with Crippen molar-refractivity contribution in [3.8, 4) is 17.0 Å². The highest BCUT2D eigenvalue weighted by atomic mass is 16.5. The molecule has 5 rings (SSSR count). The molecule has 0 saturated carbocycles. The van der Waals surface area contributed by atoms with Crippen LogP contribution in [0.1, 0.15) is 16.8 Å². The number of hydrogen-bond acceptors (Lipinski definition) is 7. The first-order valence-corrected chi connectivity index (χ1v) is 12.8. The average molecular weight is 538 g/mol. The number of nitrogens with two attached hydrogens (primary N) is 1. The molecular formula is C27H35N7O5. The molecule has 0 radical (unpaired) electrons. The zero-order chi connectivity index (χ0) is 28.1. The van der Waals surface area contributed by atoms with Gasteiger partial charge in [0.25, 0.3) is 5.91 Å². The van der Waals surface area contributed by atoms with Crippen LogP contribution in [0.2, 0.25) is 0 Å². The molecule has 1 aromatic heterocycles. The van der Waals surface area contributed by atoms with Crippen molar-refractivity contribution < 1.29 is 23.9 Å². The maximum atomic E-state index is 13.6. The fraction of sp³-hybridized carbons (Fsp3) is 0.444. The molecule has 0 aliphatic carbocycles. The van der Waals surface area contributed by atoms with Crippen LogP contribution in [0, 0.1) is 0 Å². The van der Waals surface area contributed by atoms with Crippen LogP contribution >= 0.6 is 0 Å². The van der Waals surface area contributed by atoms with Crippen LogP contribution in [0.5, 0.6) is 5.75 Å². The van der Waals surface area contributed by atoms with Gasteiger partial charge in [-0.3, -0.25) is 19.4 Å². The Morgan fingerprint density at radius 1 is 1.13 bits per heavy atom. The Hall–Kier alpha value is -4.19. The Labute approximate surface area is 227 Å². The lowest BCUT2D eigenvalue weighted by molar-refractivity contribution is -0.141. The summed E-state index contributed by atoms with van der Waals surface area (Å²) in [6, 6.07) is 9.35. The molecule has 1 fully saturated rings. The summed E-state index contributed by atoms with van der Waals surface area (Å²) >= 11 is 0. The summed E-state index contributed by atoms with van der Waals surface area (Å²) in [6.07, 6.45) is 2.13. The van der Waals surface area contributed by atoms with Gasteiger partial charge >= 0.3 is 6.03 Å². The van der Waals surface area contributed by atoms with Gasteiger partial charge in [0, 0.05) is 44.0 Å². The Morgan fingerprint density at radius 2 is 1.85 bits per heavy atom. The predicted molar refractivity (Wildman–Crippen MR) is 144 cm³/mol. The van der Waals surface area contributed by atoms with Crippen molar-refractivity contribution in [2.75, 3.05) is 60.5 Å². The second-order valence-electron chi connectivity index (χ2n) is 10.1. The Balaban J connectivity index is 1.67. The lowest BCUT2D eigenvalue weighted by atomic mass is 10.1. The second-order valence-corrected chi connectivity index (χ2v) is 10.1. The normalized spacial score (nSPS) is 20.1. The SMILES string of the molecule is CN(C)CC(=O)N1CCNC(=O)c2ccc(cc2)-c2ncccc2OC[C@@H]2C[C@H](N(C)C(N)=O)CN2C(=O)C1. The standard InChI is InChI=1S/C27H35N7O5/c1-31(2)15-23(35)33-12-11-30-26(37)19-8-6-18(7-9-19)25-22(5-4-10-29-25)39-17-21-13-20(32(3)27(28)38)14-34(21)24(36)16-33/h4-10,20-21H,11-17H2,1-3H3,(H2,28,38)(H,30,37)/t20-,21-/m0/s1. The summed E-state index contributed by atoms with van der Waals surface area (Å²) in [6.45, 7) is 0.718. The highest BCUT2D eigenvalue weighted by molar-refractivity contribution is 5.94. The molecule has 2 aromatic rings. The second kappa shape index (κ2) is 12.1. The Morgan fingerprint density at radius 3 is 2.54 bits per heavy atom. The molecule has 1 aromatic carbocycles. The molecule has 3 aliphatic heterocycles. The van der Waals surface area contributed by atoms with Crippen LogP contribution in [0.3, 0.4) is 0 Å². The molecule has 5 amide bonds. The average Bonchev–Trinajstić information content (AvgIpc) is 3.34. The van der Waals surface area contributed by atoms with Crippen molar-refractivity contribution in [2.45, 2.75) is 18.5 Å². The number of fused-ring (bicyclic) bond motifs is 9. The fourth-order valence-electron chi connectivity index (χ4n) is 4.83. The largest absolute Gasteiger partial charge is 0.489 e. The number of rotatable bonds is 3. The molecule has 0 spiro atoms. The zero-order valence-electron chi connectivity index (χ0n) is 22.5. The van der Waals surface area contributed by atoms with Crippen LogP contribution in [0.15, 0.2) is 42.6 Å². The number of likely N-dealkylation sites (N-methyl/N-ethyl adjacent to an activating group) is 2. The molecule has 3 N–H and O–H groups in total. The van der Waals surface area contributed by atoms with E-state index >= 15 is 0 Å². The highest BCUT2D eigenvalue weighted by Crippen LogP contribution is 2.29. The van der Waals surface area contributed by atoms with Gasteiger partial charge in [0.1, 0.15) is 18.1 Å². The highest BCUT2D eigenvalue weighted by Gasteiger charge is 2.39. The number of amides is 5. The molecule has 12 nitrogen and oxygen atoms in total. The molecule has 0 unspecified atom stereocenters. The van der Waals surface area contributed by atoms with Crippen molar-refractivity contribution in [1.82, 2.24) is 29.9 Å². The van der Waals surface area contributed by atoms with Crippen LogP contribution in [0.25, 0.3) is 11.3 Å². The van der Waals surface area contributed by atoms with Gasteiger partial charge in [-0.25, -0.2) is 4.79 Å². The van der Waals surface area contributed by atoms with Gasteiger partial charge in [-0.2, -0.15) is 0 Å². The molecule has 208 valence electrons. The summed E-state index contributed by atoms with van der Waals surface area (Å²) in [5, 5.41) is 2.84. The molecule has 4 heterocycles. The van der Waals surface area contributed by atoms with Gasteiger partial charge in [0.15, 0.2) is 0 Å². The molecule has 3 aliphatic rings. The molecular weight excluding hydrogens is 502 g/mol. The number of nitrogens with one attached hydrogen (secondary N) is 1. The van der Waals surface area contributed by atoms with Gasteiger partial charge in [0.2, 0.25) is 11.8 Å². The van der Waals surface area contributed by atoms with Crippen LogP contribution < -0.4 is 15.8 Å². The number of aromatic nitrogens is 1. The van der Waals surface area contributed by atoms with Crippen LogP contribution in [-0.2, 0) is 9.59 Å². The lowest BCUT2D eigenvalue weighted by Gasteiger charge is -2.29. The van der Waals surface area contributed by atoms with Gasteiger partial charge in [-0.15, -0.1) is 0 Å². The monoisotopic (exact) mass is 537 g/mol. The van der Waals surface area contributed by atoms with Crippen molar-refractivity contribution in [3.05, 3.63) is 48.2 Å². The van der Waals surface area contributed by atoms with E-state index in [1.807, 2.05) is 0 Å². The summed E-state index contributed by atoms with van der Waals surface area (Å²) in [7, 11) is 5.15. The third kappa shape index (κ3) is 6.63. The number of urea groups is 1. The maximum absolute atomic E-state index is 13.6. The number of primary amides is 1. The first kappa shape index (κ1) is 27.8. The van der Waals surface area contributed by atoms with Crippen molar-refractivity contribution in [1.29, 1.82) is 0 Å². The minimum Gasteiger partial charge on any atom is -0.489 e. The van der Waals surface area contributed by atoms with Gasteiger partial charge in [0.05, 0.1) is 25.2 Å². The first-order valence-electron chi connectivity index (χ1n) is 12.8. The zero-order valence-corrected chi connectivity index (χ0v) is 22.5. The van der Waals surface area contributed by atoms with E-state index in [1.54, 1.807) is 73.5 Å². The number of carbonyl (C=O) groups excluding carboxylic acids is 4. The van der Waals surface area contributed by atoms with E-state index in [4.69, 9.17) is 10.5 Å². The molecule has 1 saturated heterocycles. The lowest BCUT2D eigenvalue weighted by Crippen LogP contribution is -2.50. The van der Waals surface area contributed by atoms with E-state index in [-0.39, 0.29) is 69.1 Å². The van der Waals surface area contributed by atoms with Gasteiger partial charge in [-0.1, -0.05) is 12.1 Å². The van der Waals surface area contributed by atoms with Crippen molar-refractivity contribution >= 4 is 23.8 Å². The number of pyridine rings is 1. The third-order valence-electron chi connectivity index (χ3n) is 7.03. The number of carbonyl (C=O) groups is 4. The number of ether oxygens (including phenoxy) is 1. The summed E-state index contributed by atoms with van der Waals surface area (Å²) in [5.41, 5.74) is 7.37. The summed E-state index contributed by atoms with van der Waals surface area (Å²) in [4.78, 5) is 62.0.